The number of alkyl halides is 2. The molecule has 4 heteroatoms. The Morgan fingerprint density at radius 3 is 2.37 bits per heavy atom. The fourth-order valence-corrected chi connectivity index (χ4v) is 4.95. The molecule has 0 saturated heterocycles. The topological polar surface area (TPSA) is 34.1 Å². The van der Waals surface area contributed by atoms with E-state index >= 15 is 0 Å². The molecule has 2 saturated carbocycles. The first-order valence-electron chi connectivity index (χ1n) is 6.73. The molecule has 0 aromatic carbocycles. The molecule has 3 aliphatic rings. The molecular weight excluding hydrogens is 283 g/mol. The van der Waals surface area contributed by atoms with Crippen molar-refractivity contribution in [2.24, 2.45) is 10.8 Å². The van der Waals surface area contributed by atoms with Gasteiger partial charge in [-0.2, -0.15) is 0 Å². The normalized spacial score (nSPS) is 47.9. The van der Waals surface area contributed by atoms with Crippen LogP contribution < -0.4 is 0 Å². The average molecular weight is 301 g/mol. The minimum atomic E-state index is -1.06. The summed E-state index contributed by atoms with van der Waals surface area (Å²) in [6.45, 7) is 5.99. The molecular formula is C15H18Cl2O2. The molecule has 3 aliphatic carbocycles. The fraction of sp³-hybridized carbons (Fsp3) is 0.733. The zero-order valence-corrected chi connectivity index (χ0v) is 13.0. The lowest BCUT2D eigenvalue weighted by molar-refractivity contribution is -0.121. The molecule has 0 amide bonds. The summed E-state index contributed by atoms with van der Waals surface area (Å²) in [5.41, 5.74) is 0.135. The van der Waals surface area contributed by atoms with Gasteiger partial charge in [-0.1, -0.05) is 13.8 Å². The minimum absolute atomic E-state index is 0.0306. The molecule has 0 aromatic heterocycles. The highest BCUT2D eigenvalue weighted by molar-refractivity contribution is 6.46. The van der Waals surface area contributed by atoms with E-state index in [1.807, 2.05) is 6.92 Å². The highest BCUT2D eigenvalue weighted by atomic mass is 35.5. The van der Waals surface area contributed by atoms with Gasteiger partial charge >= 0.3 is 0 Å². The largest absolute Gasteiger partial charge is 0.295 e. The van der Waals surface area contributed by atoms with Gasteiger partial charge in [0, 0.05) is 17.4 Å². The Labute approximate surface area is 123 Å². The number of rotatable bonds is 0. The molecule has 2 fully saturated rings. The van der Waals surface area contributed by atoms with Crippen LogP contribution in [0.1, 0.15) is 46.5 Å². The number of halogens is 2. The van der Waals surface area contributed by atoms with E-state index in [0.29, 0.717) is 24.8 Å². The molecule has 0 N–H and O–H groups in total. The summed E-state index contributed by atoms with van der Waals surface area (Å²) < 4.78 is 0. The smallest absolute Gasteiger partial charge is 0.182 e. The van der Waals surface area contributed by atoms with Crippen LogP contribution in [-0.2, 0) is 9.59 Å². The van der Waals surface area contributed by atoms with E-state index in [-0.39, 0.29) is 22.4 Å². The summed E-state index contributed by atoms with van der Waals surface area (Å²) in [4.78, 5) is 22.9. The van der Waals surface area contributed by atoms with E-state index in [9.17, 15) is 9.59 Å². The molecule has 2 nitrogen and oxygen atoms in total. The van der Waals surface area contributed by atoms with Gasteiger partial charge in [0.1, 0.15) is 4.87 Å². The van der Waals surface area contributed by atoms with Gasteiger partial charge in [0.05, 0.1) is 4.87 Å². The summed E-state index contributed by atoms with van der Waals surface area (Å²) in [6, 6.07) is 0. The SMILES string of the molecule is CC1(C)CC(=O)C=C2C(=O)C3(Cl)CC21CCC3(C)Cl. The number of hydrogen-bond donors (Lipinski definition) is 0. The van der Waals surface area contributed by atoms with Crippen LogP contribution in [0.5, 0.6) is 0 Å². The third-order valence-corrected chi connectivity index (χ3v) is 7.06. The third-order valence-electron chi connectivity index (χ3n) is 5.73. The number of hydrogen-bond acceptors (Lipinski definition) is 2. The third kappa shape index (κ3) is 1.40. The molecule has 104 valence electrons. The van der Waals surface area contributed by atoms with Crippen LogP contribution in [0.4, 0.5) is 0 Å². The van der Waals surface area contributed by atoms with Crippen LogP contribution in [-0.4, -0.2) is 21.3 Å². The van der Waals surface area contributed by atoms with Crippen LogP contribution in [0.3, 0.4) is 0 Å². The minimum Gasteiger partial charge on any atom is -0.295 e. The van der Waals surface area contributed by atoms with E-state index in [1.54, 1.807) is 0 Å². The Kier molecular flexibility index (Phi) is 2.48. The lowest BCUT2D eigenvalue weighted by atomic mass is 9.53. The van der Waals surface area contributed by atoms with Crippen LogP contribution in [0, 0.1) is 10.8 Å². The molecule has 2 bridgehead atoms. The maximum absolute atomic E-state index is 12.7. The highest BCUT2D eigenvalue weighted by Gasteiger charge is 2.71. The number of carbonyl (C=O) groups excluding carboxylic acids is 2. The summed E-state index contributed by atoms with van der Waals surface area (Å²) in [6.07, 6.45) is 4.12. The Morgan fingerprint density at radius 1 is 1.11 bits per heavy atom. The Bertz CT molecular complexity index is 532. The number of fused-ring (bicyclic) bond motifs is 1. The van der Waals surface area contributed by atoms with Crippen molar-refractivity contribution >= 4 is 34.8 Å². The number of allylic oxidation sites excluding steroid dienone is 2. The maximum atomic E-state index is 12.7. The van der Waals surface area contributed by atoms with Gasteiger partial charge in [-0.25, -0.2) is 0 Å². The predicted octanol–water partition coefficient (Wildman–Crippen LogP) is 3.64. The van der Waals surface area contributed by atoms with Gasteiger partial charge in [0.25, 0.3) is 0 Å². The quantitative estimate of drug-likeness (QED) is 0.640. The van der Waals surface area contributed by atoms with Gasteiger partial charge in [-0.05, 0) is 37.7 Å². The molecule has 0 aromatic rings. The van der Waals surface area contributed by atoms with E-state index < -0.39 is 9.75 Å². The van der Waals surface area contributed by atoms with Crippen molar-refractivity contribution < 1.29 is 9.59 Å². The first kappa shape index (κ1) is 13.6. The highest BCUT2D eigenvalue weighted by Crippen LogP contribution is 2.70. The van der Waals surface area contributed by atoms with Gasteiger partial charge in [-0.3, -0.25) is 9.59 Å². The van der Waals surface area contributed by atoms with Crippen LogP contribution in [0.25, 0.3) is 0 Å². The van der Waals surface area contributed by atoms with E-state index in [1.165, 1.54) is 6.08 Å². The van der Waals surface area contributed by atoms with E-state index in [2.05, 4.69) is 13.8 Å². The summed E-state index contributed by atoms with van der Waals surface area (Å²) >= 11 is 13.2. The number of carbonyl (C=O) groups is 2. The molecule has 19 heavy (non-hydrogen) atoms. The zero-order valence-electron chi connectivity index (χ0n) is 11.5. The van der Waals surface area contributed by atoms with Crippen LogP contribution >= 0.6 is 23.2 Å². The average Bonchev–Trinajstić information content (AvgIpc) is 2.46. The van der Waals surface area contributed by atoms with Crippen molar-refractivity contribution in [1.82, 2.24) is 0 Å². The van der Waals surface area contributed by atoms with Crippen molar-refractivity contribution in [3.05, 3.63) is 11.6 Å². The standard InChI is InChI=1S/C15H18Cl2O2/c1-12(2)7-9(18)6-10-11(19)15(17)8-14(10,12)5-4-13(15,3)16/h6H,4-5,7-8H2,1-3H3. The number of Topliss-reactive ketones (excluding diaryl/α,β-unsaturated/α-hetero) is 1. The van der Waals surface area contributed by atoms with Crippen molar-refractivity contribution in [3.8, 4) is 0 Å². The molecule has 0 aliphatic heterocycles. The zero-order chi connectivity index (χ0) is 14.3. The molecule has 0 heterocycles. The van der Waals surface area contributed by atoms with Crippen molar-refractivity contribution in [1.29, 1.82) is 0 Å². The second-order valence-electron chi connectivity index (χ2n) is 7.17. The van der Waals surface area contributed by atoms with Crippen LogP contribution in [0.2, 0.25) is 0 Å². The van der Waals surface area contributed by atoms with Gasteiger partial charge < -0.3 is 0 Å². The molecule has 1 spiro atoms. The predicted molar refractivity (Wildman–Crippen MR) is 75.6 cm³/mol. The maximum Gasteiger partial charge on any atom is 0.182 e. The van der Waals surface area contributed by atoms with Gasteiger partial charge in [0.2, 0.25) is 0 Å². The summed E-state index contributed by atoms with van der Waals surface area (Å²) in [7, 11) is 0. The first-order chi connectivity index (χ1) is 8.56. The summed E-state index contributed by atoms with van der Waals surface area (Å²) in [5, 5.41) is 0. The lowest BCUT2D eigenvalue weighted by Gasteiger charge is -2.52. The second-order valence-corrected chi connectivity index (χ2v) is 8.65. The molecule has 3 unspecified atom stereocenters. The molecule has 3 rings (SSSR count). The first-order valence-corrected chi connectivity index (χ1v) is 7.49. The Hall–Kier alpha value is -0.340. The molecule has 3 atom stereocenters. The number of ketones is 2. The monoisotopic (exact) mass is 300 g/mol. The lowest BCUT2D eigenvalue weighted by Crippen LogP contribution is -2.52. The van der Waals surface area contributed by atoms with Gasteiger partial charge in [0.15, 0.2) is 11.6 Å². The van der Waals surface area contributed by atoms with Crippen molar-refractivity contribution in [2.45, 2.75) is 56.2 Å². The van der Waals surface area contributed by atoms with Gasteiger partial charge in [-0.15, -0.1) is 23.2 Å². The van der Waals surface area contributed by atoms with Crippen molar-refractivity contribution in [3.63, 3.8) is 0 Å². The Balaban J connectivity index is 2.25. The van der Waals surface area contributed by atoms with Crippen molar-refractivity contribution in [2.75, 3.05) is 0 Å². The van der Waals surface area contributed by atoms with E-state index in [4.69, 9.17) is 23.2 Å². The van der Waals surface area contributed by atoms with Crippen LogP contribution in [0.15, 0.2) is 11.6 Å². The summed E-state index contributed by atoms with van der Waals surface area (Å²) in [5.74, 6) is -0.0895. The second kappa shape index (κ2) is 3.46. The fourth-order valence-electron chi connectivity index (χ4n) is 4.28. The van der Waals surface area contributed by atoms with E-state index in [0.717, 1.165) is 6.42 Å². The molecule has 0 radical (unpaired) electrons. The Morgan fingerprint density at radius 2 is 1.74 bits per heavy atom.